The van der Waals surface area contributed by atoms with Gasteiger partial charge in [0, 0.05) is 18.7 Å². The van der Waals surface area contributed by atoms with E-state index in [0.717, 1.165) is 4.90 Å². The minimum Gasteiger partial charge on any atom is -0.493 e. The number of rotatable bonds is 7. The summed E-state index contributed by atoms with van der Waals surface area (Å²) < 4.78 is 38.8. The summed E-state index contributed by atoms with van der Waals surface area (Å²) in [5, 5.41) is 6.11. The van der Waals surface area contributed by atoms with Gasteiger partial charge in [0.05, 0.1) is 13.7 Å². The van der Waals surface area contributed by atoms with Crippen molar-refractivity contribution in [2.45, 2.75) is 13.5 Å². The van der Waals surface area contributed by atoms with E-state index in [-0.39, 0.29) is 29.4 Å². The molecule has 0 fully saturated rings. The molecule has 0 aliphatic heterocycles. The van der Waals surface area contributed by atoms with E-state index in [1.54, 1.807) is 6.92 Å². The summed E-state index contributed by atoms with van der Waals surface area (Å²) in [6.07, 6.45) is 0. The number of carbonyl (C=O) groups is 2. The number of carbonyl (C=O) groups excluding carboxylic acids is 2. The van der Waals surface area contributed by atoms with Crippen LogP contribution in [0.5, 0.6) is 11.5 Å². The number of ether oxygens (including phenoxy) is 2. The molecule has 1 aromatic carbocycles. The monoisotopic (exact) mass is 369 g/mol. The number of aryl methyl sites for hydroxylation is 1. The van der Waals surface area contributed by atoms with Crippen molar-refractivity contribution >= 4 is 17.6 Å². The normalized spacial score (nSPS) is 10.5. The molecule has 0 aliphatic rings. The predicted molar refractivity (Wildman–Crippen MR) is 86.5 cm³/mol. The number of alkyl halides is 2. The van der Waals surface area contributed by atoms with Gasteiger partial charge in [0.25, 0.3) is 5.91 Å². The molecule has 0 spiro atoms. The number of nitrogens with zero attached hydrogens (tertiary/aromatic N) is 2. The molecular formula is C16H17F2N3O5. The second-order valence-corrected chi connectivity index (χ2v) is 5.28. The average molecular weight is 369 g/mol. The average Bonchev–Trinajstić information content (AvgIpc) is 2.98. The fourth-order valence-electron chi connectivity index (χ4n) is 2.11. The Bertz CT molecular complexity index is 794. The van der Waals surface area contributed by atoms with Crippen LogP contribution in [0.25, 0.3) is 0 Å². The predicted octanol–water partition coefficient (Wildman–Crippen LogP) is 2.30. The lowest BCUT2D eigenvalue weighted by Gasteiger charge is -2.17. The van der Waals surface area contributed by atoms with Crippen LogP contribution in [-0.2, 0) is 4.79 Å². The number of likely N-dealkylation sites (N-methyl/N-ethyl adjacent to an activating group) is 1. The number of benzene rings is 1. The van der Waals surface area contributed by atoms with Gasteiger partial charge in [-0.25, -0.2) is 0 Å². The van der Waals surface area contributed by atoms with Crippen molar-refractivity contribution in [2.24, 2.45) is 0 Å². The topological polar surface area (TPSA) is 93.9 Å². The highest BCUT2D eigenvalue weighted by Crippen LogP contribution is 2.29. The molecule has 1 N–H and O–H groups in total. The summed E-state index contributed by atoms with van der Waals surface area (Å²) in [5.74, 6) is -0.420. The van der Waals surface area contributed by atoms with Gasteiger partial charge in [-0.1, -0.05) is 5.16 Å². The Morgan fingerprint density at radius 3 is 2.62 bits per heavy atom. The molecule has 1 heterocycles. The zero-order valence-corrected chi connectivity index (χ0v) is 14.3. The first-order chi connectivity index (χ1) is 12.3. The summed E-state index contributed by atoms with van der Waals surface area (Å²) >= 11 is 0. The molecule has 0 bridgehead atoms. The lowest BCUT2D eigenvalue weighted by Crippen LogP contribution is -2.35. The molecule has 2 rings (SSSR count). The van der Waals surface area contributed by atoms with Gasteiger partial charge in [0.15, 0.2) is 17.3 Å². The van der Waals surface area contributed by atoms with Gasteiger partial charge in [0.1, 0.15) is 5.76 Å². The number of halogens is 2. The molecule has 8 nitrogen and oxygen atoms in total. The van der Waals surface area contributed by atoms with E-state index in [2.05, 4.69) is 15.2 Å². The second kappa shape index (κ2) is 8.28. The van der Waals surface area contributed by atoms with Gasteiger partial charge < -0.3 is 24.2 Å². The Hall–Kier alpha value is -3.17. The van der Waals surface area contributed by atoms with Crippen molar-refractivity contribution < 1.29 is 32.4 Å². The third-order valence-electron chi connectivity index (χ3n) is 3.25. The number of hydrogen-bond donors (Lipinski definition) is 1. The zero-order valence-electron chi connectivity index (χ0n) is 14.3. The number of hydrogen-bond acceptors (Lipinski definition) is 6. The van der Waals surface area contributed by atoms with Crippen molar-refractivity contribution in [3.63, 3.8) is 0 Å². The standard InChI is InChI=1S/C16H17F2N3O5/c1-9-6-13(20-26-9)19-14(22)8-21(2)15(23)10-4-5-11(25-16(17)18)12(7-10)24-3/h4-7,16H,8H2,1-3H3,(H,19,20,22). The maximum absolute atomic E-state index is 12.4. The highest BCUT2D eigenvalue weighted by atomic mass is 19.3. The van der Waals surface area contributed by atoms with E-state index in [1.165, 1.54) is 38.4 Å². The molecule has 2 amide bonds. The highest BCUT2D eigenvalue weighted by Gasteiger charge is 2.19. The minimum atomic E-state index is -3.02. The summed E-state index contributed by atoms with van der Waals surface area (Å²) in [6.45, 7) is -1.59. The van der Waals surface area contributed by atoms with Crippen LogP contribution in [-0.4, -0.2) is 49.2 Å². The Kier molecular flexibility index (Phi) is 6.10. The van der Waals surface area contributed by atoms with Crippen LogP contribution in [0, 0.1) is 6.92 Å². The first-order valence-electron chi connectivity index (χ1n) is 7.41. The largest absolute Gasteiger partial charge is 0.493 e. The minimum absolute atomic E-state index is 0.0212. The Labute approximate surface area is 147 Å². The first-order valence-corrected chi connectivity index (χ1v) is 7.41. The zero-order chi connectivity index (χ0) is 19.3. The SMILES string of the molecule is COc1cc(C(=O)N(C)CC(=O)Nc2cc(C)on2)ccc1OC(F)F. The van der Waals surface area contributed by atoms with E-state index in [9.17, 15) is 18.4 Å². The maximum atomic E-state index is 12.4. The fraction of sp³-hybridized carbons (Fsp3) is 0.312. The molecule has 1 aromatic heterocycles. The van der Waals surface area contributed by atoms with Gasteiger partial charge in [-0.3, -0.25) is 9.59 Å². The summed E-state index contributed by atoms with van der Waals surface area (Å²) in [7, 11) is 2.69. The molecule has 140 valence electrons. The lowest BCUT2D eigenvalue weighted by molar-refractivity contribution is -0.116. The van der Waals surface area contributed by atoms with Crippen LogP contribution in [0.1, 0.15) is 16.1 Å². The Balaban J connectivity index is 2.03. The summed E-state index contributed by atoms with van der Waals surface area (Å²) in [5.41, 5.74) is 0.149. The quantitative estimate of drug-likeness (QED) is 0.805. The van der Waals surface area contributed by atoms with Crippen molar-refractivity contribution in [3.05, 3.63) is 35.6 Å². The molecule has 0 unspecified atom stereocenters. The molecular weight excluding hydrogens is 352 g/mol. The number of anilines is 1. The van der Waals surface area contributed by atoms with Gasteiger partial charge in [-0.15, -0.1) is 0 Å². The second-order valence-electron chi connectivity index (χ2n) is 5.28. The third-order valence-corrected chi connectivity index (χ3v) is 3.25. The third kappa shape index (κ3) is 4.91. The van der Waals surface area contributed by atoms with Crippen molar-refractivity contribution in [1.82, 2.24) is 10.1 Å². The van der Waals surface area contributed by atoms with E-state index in [0.29, 0.717) is 5.76 Å². The molecule has 0 saturated carbocycles. The van der Waals surface area contributed by atoms with Crippen LogP contribution in [0.4, 0.5) is 14.6 Å². The molecule has 2 aromatic rings. The lowest BCUT2D eigenvalue weighted by atomic mass is 10.1. The molecule has 10 heteroatoms. The Morgan fingerprint density at radius 2 is 2.04 bits per heavy atom. The van der Waals surface area contributed by atoms with Gasteiger partial charge in [-0.05, 0) is 25.1 Å². The highest BCUT2D eigenvalue weighted by molar-refractivity contribution is 5.99. The van der Waals surface area contributed by atoms with Crippen molar-refractivity contribution in [3.8, 4) is 11.5 Å². The smallest absolute Gasteiger partial charge is 0.387 e. The number of aromatic nitrogens is 1. The van der Waals surface area contributed by atoms with E-state index < -0.39 is 18.4 Å². The number of nitrogens with one attached hydrogen (secondary N) is 1. The first kappa shape index (κ1) is 19.2. The fourth-order valence-corrected chi connectivity index (χ4v) is 2.11. The van der Waals surface area contributed by atoms with Gasteiger partial charge >= 0.3 is 6.61 Å². The van der Waals surface area contributed by atoms with Gasteiger partial charge in [-0.2, -0.15) is 8.78 Å². The maximum Gasteiger partial charge on any atom is 0.387 e. The molecule has 0 atom stereocenters. The van der Waals surface area contributed by atoms with E-state index >= 15 is 0 Å². The van der Waals surface area contributed by atoms with Crippen molar-refractivity contribution in [1.29, 1.82) is 0 Å². The van der Waals surface area contributed by atoms with Crippen LogP contribution in [0.3, 0.4) is 0 Å². The van der Waals surface area contributed by atoms with E-state index in [4.69, 9.17) is 9.26 Å². The van der Waals surface area contributed by atoms with Crippen LogP contribution >= 0.6 is 0 Å². The molecule has 0 aliphatic carbocycles. The van der Waals surface area contributed by atoms with Gasteiger partial charge in [0.2, 0.25) is 5.91 Å². The van der Waals surface area contributed by atoms with Crippen LogP contribution < -0.4 is 14.8 Å². The summed E-state index contributed by atoms with van der Waals surface area (Å²) in [6, 6.07) is 5.30. The van der Waals surface area contributed by atoms with Crippen LogP contribution in [0.2, 0.25) is 0 Å². The Morgan fingerprint density at radius 1 is 1.31 bits per heavy atom. The molecule has 0 radical (unpaired) electrons. The molecule has 26 heavy (non-hydrogen) atoms. The van der Waals surface area contributed by atoms with Crippen molar-refractivity contribution in [2.75, 3.05) is 26.0 Å². The summed E-state index contributed by atoms with van der Waals surface area (Å²) in [4.78, 5) is 25.5. The molecule has 0 saturated heterocycles. The van der Waals surface area contributed by atoms with Crippen LogP contribution in [0.15, 0.2) is 28.8 Å². The van der Waals surface area contributed by atoms with E-state index in [1.807, 2.05) is 0 Å². The number of amides is 2. The number of methoxy groups -OCH3 is 1.